The van der Waals surface area contributed by atoms with Crippen LogP contribution in [0, 0.1) is 0 Å². The maximum atomic E-state index is 12.6. The molecule has 1 heterocycles. The van der Waals surface area contributed by atoms with Gasteiger partial charge in [-0.3, -0.25) is 14.5 Å². The molecule has 11 heteroatoms. The number of benzene rings is 1. The number of methoxy groups -OCH3 is 1. The molecule has 27 heavy (non-hydrogen) atoms. The van der Waals surface area contributed by atoms with Gasteiger partial charge in [0.25, 0.3) is 5.91 Å². The van der Waals surface area contributed by atoms with Crippen molar-refractivity contribution in [3.05, 3.63) is 27.6 Å². The van der Waals surface area contributed by atoms with E-state index in [0.717, 1.165) is 16.7 Å². The number of hydrogen-bond acceptors (Lipinski definition) is 7. The Kier molecular flexibility index (Phi) is 6.68. The topological polar surface area (TPSA) is 124 Å². The lowest BCUT2D eigenvalue weighted by Gasteiger charge is -2.22. The van der Waals surface area contributed by atoms with Gasteiger partial charge in [-0.15, -0.1) is 0 Å². The van der Waals surface area contributed by atoms with E-state index in [1.165, 1.54) is 25.3 Å². The number of hydrogen-bond donors (Lipinski definition) is 3. The Morgan fingerprint density at radius 3 is 2.63 bits per heavy atom. The van der Waals surface area contributed by atoms with Gasteiger partial charge < -0.3 is 20.1 Å². The monoisotopic (exact) mass is 431 g/mol. The molecule has 1 amide bonds. The second kappa shape index (κ2) is 8.59. The lowest BCUT2D eigenvalue weighted by Crippen LogP contribution is -2.44. The summed E-state index contributed by atoms with van der Waals surface area (Å²) in [5.74, 6) is -3.31. The number of nitrogens with zero attached hydrogens (tertiary/aromatic N) is 1. The quantitative estimate of drug-likeness (QED) is 0.441. The van der Waals surface area contributed by atoms with Crippen molar-refractivity contribution in [2.24, 2.45) is 0 Å². The number of thioether (sulfide) groups is 1. The lowest BCUT2D eigenvalue weighted by atomic mass is 10.1. The van der Waals surface area contributed by atoms with Gasteiger partial charge in [0.2, 0.25) is 0 Å². The Labute approximate surface area is 168 Å². The molecule has 1 aromatic carbocycles. The van der Waals surface area contributed by atoms with Crippen molar-refractivity contribution in [1.82, 2.24) is 4.90 Å². The van der Waals surface area contributed by atoms with Crippen LogP contribution in [0.3, 0.4) is 0 Å². The molecule has 1 aliphatic heterocycles. The zero-order valence-electron chi connectivity index (χ0n) is 13.8. The van der Waals surface area contributed by atoms with Crippen LogP contribution in [0.5, 0.6) is 11.5 Å². The predicted octanol–water partition coefficient (Wildman–Crippen LogP) is 2.57. The first-order chi connectivity index (χ1) is 12.6. The number of carbonyl (C=O) groups is 3. The first-order valence-electron chi connectivity index (χ1n) is 7.43. The van der Waals surface area contributed by atoms with E-state index in [2.05, 4.69) is 0 Å². The van der Waals surface area contributed by atoms with Crippen LogP contribution in [0.4, 0.5) is 0 Å². The highest BCUT2D eigenvalue weighted by Crippen LogP contribution is 2.38. The molecule has 3 N–H and O–H groups in total. The van der Waals surface area contributed by atoms with Crippen molar-refractivity contribution in [3.8, 4) is 11.5 Å². The van der Waals surface area contributed by atoms with Crippen molar-refractivity contribution < 1.29 is 34.4 Å². The number of rotatable bonds is 7. The molecule has 0 spiro atoms. The van der Waals surface area contributed by atoms with Crippen LogP contribution in [0.1, 0.15) is 18.4 Å². The fourth-order valence-electron chi connectivity index (χ4n) is 2.36. The minimum atomic E-state index is -1.38. The molecule has 0 aliphatic carbocycles. The Morgan fingerprint density at radius 2 is 2.07 bits per heavy atom. The van der Waals surface area contributed by atoms with E-state index in [1.54, 1.807) is 0 Å². The zero-order chi connectivity index (χ0) is 20.3. The molecule has 1 atom stereocenters. The van der Waals surface area contributed by atoms with E-state index in [0.29, 0.717) is 5.56 Å². The summed E-state index contributed by atoms with van der Waals surface area (Å²) in [5, 5.41) is 27.9. The van der Waals surface area contributed by atoms with E-state index in [1.807, 2.05) is 0 Å². The fourth-order valence-corrected chi connectivity index (χ4v) is 3.93. The first-order valence-corrected chi connectivity index (χ1v) is 9.04. The summed E-state index contributed by atoms with van der Waals surface area (Å²) in [5.41, 5.74) is 0.438. The molecule has 0 radical (unpaired) electrons. The fraction of sp³-hybridized carbons (Fsp3) is 0.250. The Morgan fingerprint density at radius 1 is 1.41 bits per heavy atom. The van der Waals surface area contributed by atoms with Crippen LogP contribution in [-0.2, 0) is 14.4 Å². The highest BCUT2D eigenvalue weighted by Gasteiger charge is 2.40. The molecular weight excluding hydrogens is 418 g/mol. The molecule has 1 fully saturated rings. The summed E-state index contributed by atoms with van der Waals surface area (Å²) in [4.78, 5) is 35.9. The van der Waals surface area contributed by atoms with Gasteiger partial charge in [-0.05, 0) is 30.2 Å². The molecule has 1 aromatic rings. The molecule has 0 saturated carbocycles. The third-order valence-electron chi connectivity index (χ3n) is 3.62. The standard InChI is InChI=1S/C16H14ClNO7S2/c1-25-10-5-7(4-8(17)13(10)21)6-11-14(22)18(16(26)27-11)9(15(23)24)2-3-12(19)20/h4-6,9,21H,2-3H2,1H3,(H,19,20)(H,23,24)/b11-6-/t9-/m1/s1. The van der Waals surface area contributed by atoms with E-state index >= 15 is 0 Å². The minimum absolute atomic E-state index is 0.0147. The highest BCUT2D eigenvalue weighted by molar-refractivity contribution is 8.26. The summed E-state index contributed by atoms with van der Waals surface area (Å²) in [7, 11) is 1.34. The number of carbonyl (C=O) groups excluding carboxylic acids is 1. The number of thiocarbonyl (C=S) groups is 1. The van der Waals surface area contributed by atoms with Gasteiger partial charge in [0.05, 0.1) is 17.0 Å². The summed E-state index contributed by atoms with van der Waals surface area (Å²) >= 11 is 11.9. The van der Waals surface area contributed by atoms with Gasteiger partial charge in [0.1, 0.15) is 10.4 Å². The third-order valence-corrected chi connectivity index (χ3v) is 5.24. The van der Waals surface area contributed by atoms with Crippen molar-refractivity contribution in [1.29, 1.82) is 0 Å². The maximum Gasteiger partial charge on any atom is 0.326 e. The maximum absolute atomic E-state index is 12.6. The van der Waals surface area contributed by atoms with Gasteiger partial charge in [0.15, 0.2) is 11.5 Å². The van der Waals surface area contributed by atoms with Crippen LogP contribution >= 0.6 is 35.6 Å². The SMILES string of the molecule is COc1cc(/C=C2\SC(=S)N([C@H](CCC(=O)O)C(=O)O)C2=O)cc(Cl)c1O. The van der Waals surface area contributed by atoms with Crippen LogP contribution in [0.15, 0.2) is 17.0 Å². The Hall–Kier alpha value is -2.30. The number of carboxylic acid groups (broad SMARTS) is 2. The molecule has 1 saturated heterocycles. The number of amides is 1. The number of phenols is 1. The Bertz CT molecular complexity index is 855. The first kappa shape index (κ1) is 21.0. The normalized spacial score (nSPS) is 16.7. The second-order valence-corrected chi connectivity index (χ2v) is 7.47. The molecule has 0 aromatic heterocycles. The summed E-state index contributed by atoms with van der Waals surface area (Å²) in [6.07, 6.45) is 0.740. The van der Waals surface area contributed by atoms with Crippen LogP contribution in [0.2, 0.25) is 5.02 Å². The third kappa shape index (κ3) is 4.71. The molecule has 2 rings (SSSR count). The van der Waals surface area contributed by atoms with Crippen LogP contribution in [0.25, 0.3) is 6.08 Å². The smallest absolute Gasteiger partial charge is 0.326 e. The van der Waals surface area contributed by atoms with E-state index < -0.39 is 30.3 Å². The number of phenolic OH excluding ortho intramolecular Hbond substituents is 1. The van der Waals surface area contributed by atoms with Crippen molar-refractivity contribution in [2.75, 3.05) is 7.11 Å². The summed E-state index contributed by atoms with van der Waals surface area (Å²) in [6.45, 7) is 0. The van der Waals surface area contributed by atoms with E-state index in [9.17, 15) is 24.6 Å². The van der Waals surface area contributed by atoms with E-state index in [-0.39, 0.29) is 32.2 Å². The second-order valence-electron chi connectivity index (χ2n) is 5.39. The minimum Gasteiger partial charge on any atom is -0.503 e. The van der Waals surface area contributed by atoms with Crippen molar-refractivity contribution in [3.63, 3.8) is 0 Å². The number of ether oxygens (including phenoxy) is 1. The van der Waals surface area contributed by atoms with Crippen LogP contribution in [-0.4, -0.2) is 55.5 Å². The van der Waals surface area contributed by atoms with Crippen molar-refractivity contribution >= 4 is 63.8 Å². The molecule has 0 unspecified atom stereocenters. The van der Waals surface area contributed by atoms with Crippen LogP contribution < -0.4 is 4.74 Å². The largest absolute Gasteiger partial charge is 0.503 e. The van der Waals surface area contributed by atoms with Gasteiger partial charge in [-0.25, -0.2) is 4.79 Å². The molecular formula is C16H14ClNO7S2. The number of aliphatic carboxylic acids is 2. The lowest BCUT2D eigenvalue weighted by molar-refractivity contribution is -0.146. The highest BCUT2D eigenvalue weighted by atomic mass is 35.5. The average Bonchev–Trinajstić information content (AvgIpc) is 2.85. The molecule has 144 valence electrons. The number of carboxylic acids is 2. The predicted molar refractivity (Wildman–Crippen MR) is 103 cm³/mol. The molecule has 8 nitrogen and oxygen atoms in total. The average molecular weight is 432 g/mol. The number of aromatic hydroxyl groups is 1. The summed E-state index contributed by atoms with van der Waals surface area (Å²) in [6, 6.07) is 1.48. The van der Waals surface area contributed by atoms with Crippen molar-refractivity contribution in [2.45, 2.75) is 18.9 Å². The zero-order valence-corrected chi connectivity index (χ0v) is 16.2. The summed E-state index contributed by atoms with van der Waals surface area (Å²) < 4.78 is 5.01. The van der Waals surface area contributed by atoms with E-state index in [4.69, 9.17) is 33.7 Å². The molecule has 1 aliphatic rings. The van der Waals surface area contributed by atoms with Gasteiger partial charge >= 0.3 is 11.9 Å². The van der Waals surface area contributed by atoms with Gasteiger partial charge in [-0.2, -0.15) is 0 Å². The van der Waals surface area contributed by atoms with Gasteiger partial charge in [0, 0.05) is 6.42 Å². The van der Waals surface area contributed by atoms with Gasteiger partial charge in [-0.1, -0.05) is 35.6 Å². The Balaban J connectivity index is 2.34. The molecule has 0 bridgehead atoms. The number of halogens is 1.